The van der Waals surface area contributed by atoms with Crippen LogP contribution >= 0.6 is 15.9 Å². The van der Waals surface area contributed by atoms with Gasteiger partial charge in [0.2, 0.25) is 0 Å². The van der Waals surface area contributed by atoms with E-state index < -0.39 is 0 Å². The number of hydrogen-bond donors (Lipinski definition) is 1. The number of nitrogen functional groups attached to an aromatic ring is 1. The molecule has 2 rings (SSSR count). The summed E-state index contributed by atoms with van der Waals surface area (Å²) in [5.41, 5.74) is 7.26. The van der Waals surface area contributed by atoms with Crippen molar-refractivity contribution in [1.29, 1.82) is 0 Å². The van der Waals surface area contributed by atoms with Crippen LogP contribution in [-0.2, 0) is 6.54 Å². The van der Waals surface area contributed by atoms with Crippen molar-refractivity contribution in [3.05, 3.63) is 63.0 Å². The van der Waals surface area contributed by atoms with Crippen LogP contribution in [0.2, 0.25) is 0 Å². The molecule has 0 aliphatic rings. The van der Waals surface area contributed by atoms with Gasteiger partial charge in [-0.1, -0.05) is 30.3 Å². The number of halogens is 1. The normalized spacial score (nSPS) is 10.3. The van der Waals surface area contributed by atoms with Crippen LogP contribution in [0.4, 0.5) is 5.69 Å². The number of anilines is 1. The van der Waals surface area contributed by atoms with E-state index >= 15 is 0 Å². The number of nitrogens with zero attached hydrogens (tertiary/aromatic N) is 1. The summed E-state index contributed by atoms with van der Waals surface area (Å²) in [6.07, 6.45) is 1.65. The van der Waals surface area contributed by atoms with Gasteiger partial charge in [0.05, 0.1) is 11.0 Å². The van der Waals surface area contributed by atoms with Crippen molar-refractivity contribution in [2.24, 2.45) is 0 Å². The predicted molar refractivity (Wildman–Crippen MR) is 68.4 cm³/mol. The SMILES string of the molecule is Nc1cc(Br)c(=O)n(Cc2ccccc2)c1. The number of pyridine rings is 1. The van der Waals surface area contributed by atoms with Crippen molar-refractivity contribution in [3.8, 4) is 0 Å². The molecule has 0 spiro atoms. The van der Waals surface area contributed by atoms with Crippen molar-refractivity contribution in [1.82, 2.24) is 4.57 Å². The molecule has 82 valence electrons. The van der Waals surface area contributed by atoms with Crippen molar-refractivity contribution in [2.75, 3.05) is 5.73 Å². The molecule has 4 heteroatoms. The Kier molecular flexibility index (Phi) is 3.10. The molecule has 0 amide bonds. The van der Waals surface area contributed by atoms with Crippen LogP contribution in [0.25, 0.3) is 0 Å². The fraction of sp³-hybridized carbons (Fsp3) is 0.0833. The second kappa shape index (κ2) is 4.53. The topological polar surface area (TPSA) is 48.0 Å². The fourth-order valence-corrected chi connectivity index (χ4v) is 2.01. The molecule has 0 radical (unpaired) electrons. The number of hydrogen-bond acceptors (Lipinski definition) is 2. The van der Waals surface area contributed by atoms with E-state index in [-0.39, 0.29) is 5.56 Å². The minimum Gasteiger partial charge on any atom is -0.398 e. The van der Waals surface area contributed by atoms with Gasteiger partial charge in [-0.2, -0.15) is 0 Å². The van der Waals surface area contributed by atoms with Gasteiger partial charge < -0.3 is 10.3 Å². The lowest BCUT2D eigenvalue weighted by Gasteiger charge is -2.07. The van der Waals surface area contributed by atoms with Crippen LogP contribution in [0.15, 0.2) is 51.9 Å². The zero-order valence-electron chi connectivity index (χ0n) is 8.56. The van der Waals surface area contributed by atoms with Gasteiger partial charge in [-0.3, -0.25) is 4.79 Å². The molecule has 2 aromatic rings. The lowest BCUT2D eigenvalue weighted by Crippen LogP contribution is -2.21. The summed E-state index contributed by atoms with van der Waals surface area (Å²) < 4.78 is 2.08. The second-order valence-electron chi connectivity index (χ2n) is 3.54. The van der Waals surface area contributed by atoms with Crippen LogP contribution in [0.1, 0.15) is 5.56 Å². The number of rotatable bonds is 2. The van der Waals surface area contributed by atoms with Gasteiger partial charge >= 0.3 is 0 Å². The lowest BCUT2D eigenvalue weighted by atomic mass is 10.2. The predicted octanol–water partition coefficient (Wildman–Crippen LogP) is 2.24. The number of benzene rings is 1. The average Bonchev–Trinajstić information content (AvgIpc) is 2.27. The van der Waals surface area contributed by atoms with Crippen LogP contribution in [-0.4, -0.2) is 4.57 Å². The summed E-state index contributed by atoms with van der Waals surface area (Å²) in [7, 11) is 0. The Bertz CT molecular complexity index is 549. The van der Waals surface area contributed by atoms with Crippen LogP contribution in [0, 0.1) is 0 Å². The van der Waals surface area contributed by atoms with Crippen LogP contribution < -0.4 is 11.3 Å². The van der Waals surface area contributed by atoms with Gasteiger partial charge in [0.1, 0.15) is 0 Å². The fourth-order valence-electron chi connectivity index (χ4n) is 1.52. The molecular weight excluding hydrogens is 268 g/mol. The van der Waals surface area contributed by atoms with Gasteiger partial charge in [-0.25, -0.2) is 0 Å². The molecule has 0 aliphatic heterocycles. The minimum atomic E-state index is -0.0712. The summed E-state index contributed by atoms with van der Waals surface area (Å²) in [4.78, 5) is 11.8. The third-order valence-corrected chi connectivity index (χ3v) is 2.83. The van der Waals surface area contributed by atoms with E-state index in [0.29, 0.717) is 16.7 Å². The molecular formula is C12H11BrN2O. The Labute approximate surface area is 102 Å². The molecule has 1 heterocycles. The van der Waals surface area contributed by atoms with Gasteiger partial charge in [-0.15, -0.1) is 0 Å². The molecule has 0 unspecified atom stereocenters. The lowest BCUT2D eigenvalue weighted by molar-refractivity contribution is 0.757. The van der Waals surface area contributed by atoms with Gasteiger partial charge in [0, 0.05) is 11.9 Å². The van der Waals surface area contributed by atoms with Crippen molar-refractivity contribution >= 4 is 21.6 Å². The van der Waals surface area contributed by atoms with Crippen molar-refractivity contribution < 1.29 is 0 Å². The molecule has 0 atom stereocenters. The number of nitrogens with two attached hydrogens (primary N) is 1. The van der Waals surface area contributed by atoms with E-state index in [9.17, 15) is 4.79 Å². The Morgan fingerprint density at radius 3 is 2.62 bits per heavy atom. The third kappa shape index (κ3) is 2.33. The molecule has 1 aromatic carbocycles. The third-order valence-electron chi connectivity index (χ3n) is 2.26. The van der Waals surface area contributed by atoms with Gasteiger partial charge in [0.25, 0.3) is 5.56 Å². The Morgan fingerprint density at radius 2 is 1.94 bits per heavy atom. The van der Waals surface area contributed by atoms with E-state index in [1.165, 1.54) is 0 Å². The Balaban J connectivity index is 2.39. The second-order valence-corrected chi connectivity index (χ2v) is 4.39. The maximum absolute atomic E-state index is 11.8. The van der Waals surface area contributed by atoms with E-state index in [1.54, 1.807) is 16.8 Å². The van der Waals surface area contributed by atoms with Crippen molar-refractivity contribution in [2.45, 2.75) is 6.54 Å². The molecule has 0 aliphatic carbocycles. The maximum atomic E-state index is 11.8. The first-order valence-corrected chi connectivity index (χ1v) is 5.65. The molecule has 3 nitrogen and oxygen atoms in total. The highest BCUT2D eigenvalue weighted by Gasteiger charge is 2.03. The number of aromatic nitrogens is 1. The molecule has 2 N–H and O–H groups in total. The molecule has 0 saturated heterocycles. The first kappa shape index (κ1) is 11.0. The Morgan fingerprint density at radius 1 is 1.25 bits per heavy atom. The summed E-state index contributed by atoms with van der Waals surface area (Å²) >= 11 is 3.20. The van der Waals surface area contributed by atoms with E-state index in [0.717, 1.165) is 5.56 Å². The minimum absolute atomic E-state index is 0.0712. The highest BCUT2D eigenvalue weighted by atomic mass is 79.9. The zero-order chi connectivity index (χ0) is 11.5. The first-order valence-electron chi connectivity index (χ1n) is 4.86. The Hall–Kier alpha value is -1.55. The van der Waals surface area contributed by atoms with Crippen LogP contribution in [0.3, 0.4) is 0 Å². The van der Waals surface area contributed by atoms with E-state index in [1.807, 2.05) is 30.3 Å². The first-order chi connectivity index (χ1) is 7.66. The summed E-state index contributed by atoms with van der Waals surface area (Å²) in [5, 5.41) is 0. The maximum Gasteiger partial charge on any atom is 0.265 e. The monoisotopic (exact) mass is 278 g/mol. The molecule has 0 bridgehead atoms. The summed E-state index contributed by atoms with van der Waals surface area (Å²) in [6, 6.07) is 11.4. The summed E-state index contributed by atoms with van der Waals surface area (Å²) in [6.45, 7) is 0.531. The molecule has 0 saturated carbocycles. The van der Waals surface area contributed by atoms with Crippen LogP contribution in [0.5, 0.6) is 0 Å². The molecule has 0 fully saturated rings. The summed E-state index contributed by atoms with van der Waals surface area (Å²) in [5.74, 6) is 0. The van der Waals surface area contributed by atoms with E-state index in [4.69, 9.17) is 5.73 Å². The quantitative estimate of drug-likeness (QED) is 0.916. The molecule has 16 heavy (non-hydrogen) atoms. The molecule has 1 aromatic heterocycles. The highest BCUT2D eigenvalue weighted by Crippen LogP contribution is 2.09. The highest BCUT2D eigenvalue weighted by molar-refractivity contribution is 9.10. The van der Waals surface area contributed by atoms with E-state index in [2.05, 4.69) is 15.9 Å². The van der Waals surface area contributed by atoms with Crippen molar-refractivity contribution in [3.63, 3.8) is 0 Å². The largest absolute Gasteiger partial charge is 0.398 e. The average molecular weight is 279 g/mol. The zero-order valence-corrected chi connectivity index (χ0v) is 10.1. The van der Waals surface area contributed by atoms with Gasteiger partial charge in [-0.05, 0) is 27.6 Å². The smallest absolute Gasteiger partial charge is 0.265 e. The van der Waals surface area contributed by atoms with Gasteiger partial charge in [0.15, 0.2) is 0 Å². The standard InChI is InChI=1S/C12H11BrN2O/c13-11-6-10(14)8-15(12(11)16)7-9-4-2-1-3-5-9/h1-6,8H,7,14H2.